The van der Waals surface area contributed by atoms with Crippen molar-refractivity contribution in [2.75, 3.05) is 11.4 Å². The zero-order chi connectivity index (χ0) is 27.6. The summed E-state index contributed by atoms with van der Waals surface area (Å²) in [5.41, 5.74) is 1.43. The normalized spacial score (nSPS) is 27.4. The van der Waals surface area contributed by atoms with E-state index in [1.807, 2.05) is 12.1 Å². The number of nitrogens with zero attached hydrogens (tertiary/aromatic N) is 3. The predicted octanol–water partition coefficient (Wildman–Crippen LogP) is 2.79. The summed E-state index contributed by atoms with van der Waals surface area (Å²) in [6, 6.07) is 10.1. The number of anilines is 1. The lowest BCUT2D eigenvalue weighted by molar-refractivity contribution is -0.120. The number of nitrogens with one attached hydrogen (secondary N) is 4. The van der Waals surface area contributed by atoms with E-state index in [0.29, 0.717) is 22.2 Å². The molecule has 12 heteroatoms. The average Bonchev–Trinajstić information content (AvgIpc) is 3.35. The monoisotopic (exact) mass is 561 g/mol. The maximum atomic E-state index is 13.6. The van der Waals surface area contributed by atoms with Crippen LogP contribution >= 0.6 is 11.8 Å². The Hall–Kier alpha value is -3.90. The van der Waals surface area contributed by atoms with Gasteiger partial charge in [0.05, 0.1) is 16.3 Å². The summed E-state index contributed by atoms with van der Waals surface area (Å²) in [5.74, 6) is 0.466. The van der Waals surface area contributed by atoms with E-state index in [-0.39, 0.29) is 47.3 Å². The van der Waals surface area contributed by atoms with Crippen LogP contribution in [0.2, 0.25) is 0 Å². The molecule has 6 rings (SSSR count). The molecule has 2 aromatic rings. The van der Waals surface area contributed by atoms with Crippen molar-refractivity contribution in [3.63, 3.8) is 0 Å². The highest BCUT2D eigenvalue weighted by molar-refractivity contribution is 8.04. The van der Waals surface area contributed by atoms with Crippen molar-refractivity contribution < 1.29 is 19.1 Å². The van der Waals surface area contributed by atoms with Gasteiger partial charge in [0.2, 0.25) is 11.8 Å². The van der Waals surface area contributed by atoms with Gasteiger partial charge < -0.3 is 26.0 Å². The van der Waals surface area contributed by atoms with Crippen molar-refractivity contribution in [2.24, 2.45) is 5.92 Å². The van der Waals surface area contributed by atoms with Crippen molar-refractivity contribution in [2.45, 2.75) is 55.6 Å². The number of rotatable bonds is 7. The highest BCUT2D eigenvalue weighted by Gasteiger charge is 2.52. The summed E-state index contributed by atoms with van der Waals surface area (Å²) < 4.78 is 5.75. The smallest absolute Gasteiger partial charge is 0.326 e. The Morgan fingerprint density at radius 2 is 1.88 bits per heavy atom. The van der Waals surface area contributed by atoms with Gasteiger partial charge in [0.15, 0.2) is 0 Å². The quantitative estimate of drug-likeness (QED) is 0.379. The number of hydrogen-bond acceptors (Lipinski definition) is 8. The van der Waals surface area contributed by atoms with Crippen molar-refractivity contribution >= 4 is 35.3 Å². The fourth-order valence-corrected chi connectivity index (χ4v) is 7.41. The molecule has 2 saturated heterocycles. The molecule has 0 bridgehead atoms. The molecular formula is C28H31N7O4S. The zero-order valence-electron chi connectivity index (χ0n) is 21.8. The van der Waals surface area contributed by atoms with Gasteiger partial charge in [-0.1, -0.05) is 31.2 Å². The molecule has 1 aliphatic carbocycles. The van der Waals surface area contributed by atoms with E-state index in [1.54, 1.807) is 35.4 Å². The standard InChI is InChI=1S/C28H31N7O4S/c1-2-21(36)31-18-6-3-4-7-19(18)32-26(37)25-24-23-20(13-15-29-27(23)40-25)35(28(38)33-24)16-9-11-17(12-10-16)39-22-8-5-14-30-34-22/h2,5,8-12,14,18-20,23,27,29H,1,3-4,6-7,13,15H2,(H,31,36)(H,32,37)(H,33,38)/t18-,19+,20?,23?,27?/m0/s1. The molecule has 3 fully saturated rings. The zero-order valence-corrected chi connectivity index (χ0v) is 22.7. The van der Waals surface area contributed by atoms with Gasteiger partial charge in [-0.2, -0.15) is 5.10 Å². The molecule has 208 valence electrons. The largest absolute Gasteiger partial charge is 0.438 e. The van der Waals surface area contributed by atoms with Crippen molar-refractivity contribution in [1.29, 1.82) is 0 Å². The van der Waals surface area contributed by atoms with Gasteiger partial charge >= 0.3 is 6.03 Å². The molecule has 5 atom stereocenters. The van der Waals surface area contributed by atoms with E-state index in [4.69, 9.17) is 4.74 Å². The minimum atomic E-state index is -0.263. The Morgan fingerprint density at radius 1 is 1.10 bits per heavy atom. The predicted molar refractivity (Wildman–Crippen MR) is 150 cm³/mol. The Balaban J connectivity index is 1.20. The van der Waals surface area contributed by atoms with Crippen LogP contribution in [0.3, 0.4) is 0 Å². The highest BCUT2D eigenvalue weighted by atomic mass is 32.2. The molecule has 11 nitrogen and oxygen atoms in total. The number of carbonyl (C=O) groups is 3. The van der Waals surface area contributed by atoms with E-state index in [9.17, 15) is 14.4 Å². The number of ether oxygens (including phenoxy) is 1. The molecule has 3 aliphatic heterocycles. The summed E-state index contributed by atoms with van der Waals surface area (Å²) in [6.07, 6.45) is 7.14. The molecule has 1 aromatic heterocycles. The number of hydrogen-bond donors (Lipinski definition) is 4. The third-order valence-corrected chi connectivity index (χ3v) is 9.18. The maximum Gasteiger partial charge on any atom is 0.326 e. The maximum absolute atomic E-state index is 13.6. The lowest BCUT2D eigenvalue weighted by Crippen LogP contribution is -2.62. The molecule has 40 heavy (non-hydrogen) atoms. The van der Waals surface area contributed by atoms with Gasteiger partial charge in [0.25, 0.3) is 5.91 Å². The Morgan fingerprint density at radius 3 is 2.60 bits per heavy atom. The fourth-order valence-electron chi connectivity index (χ4n) is 6.01. The first-order valence-corrected chi connectivity index (χ1v) is 14.4. The molecule has 1 aromatic carbocycles. The van der Waals surface area contributed by atoms with E-state index >= 15 is 0 Å². The third-order valence-electron chi connectivity index (χ3n) is 7.83. The molecule has 4 heterocycles. The van der Waals surface area contributed by atoms with Crippen molar-refractivity contribution in [1.82, 2.24) is 31.5 Å². The van der Waals surface area contributed by atoms with E-state index < -0.39 is 0 Å². The first kappa shape index (κ1) is 26.3. The van der Waals surface area contributed by atoms with Crippen LogP contribution in [0, 0.1) is 5.92 Å². The second kappa shape index (κ2) is 11.3. The summed E-state index contributed by atoms with van der Waals surface area (Å²) >= 11 is 1.47. The summed E-state index contributed by atoms with van der Waals surface area (Å²) in [6.45, 7) is 4.27. The third kappa shape index (κ3) is 5.16. The number of carbonyl (C=O) groups excluding carboxylic acids is 3. The topological polar surface area (TPSA) is 138 Å². The fraction of sp³-hybridized carbons (Fsp3) is 0.393. The number of thioether (sulfide) groups is 1. The van der Waals surface area contributed by atoms with Crippen LogP contribution in [0.25, 0.3) is 0 Å². The SMILES string of the molecule is C=CC(=O)N[C@H]1CCCC[C@H]1NC(=O)C1=C2NC(=O)N(c3ccc(Oc4cccnn4)cc3)C3CCNC(S1)C23. The second-order valence-electron chi connectivity index (χ2n) is 10.3. The van der Waals surface area contributed by atoms with Crippen LogP contribution in [0.15, 0.2) is 65.9 Å². The Kier molecular flexibility index (Phi) is 7.44. The van der Waals surface area contributed by atoms with E-state index in [0.717, 1.165) is 44.3 Å². The first-order chi connectivity index (χ1) is 19.5. The molecule has 0 radical (unpaired) electrons. The molecule has 4 aliphatic rings. The molecule has 3 unspecified atom stereocenters. The van der Waals surface area contributed by atoms with E-state index in [1.165, 1.54) is 17.8 Å². The van der Waals surface area contributed by atoms with Gasteiger partial charge in [-0.05, 0) is 62.2 Å². The second-order valence-corrected chi connectivity index (χ2v) is 11.4. The molecule has 4 amide bonds. The number of urea groups is 1. The van der Waals surface area contributed by atoms with Gasteiger partial charge in [0.1, 0.15) is 5.75 Å². The van der Waals surface area contributed by atoms with Crippen LogP contribution in [-0.2, 0) is 9.59 Å². The van der Waals surface area contributed by atoms with Crippen LogP contribution < -0.4 is 30.9 Å². The van der Waals surface area contributed by atoms with Crippen LogP contribution in [0.1, 0.15) is 32.1 Å². The number of amides is 4. The van der Waals surface area contributed by atoms with Crippen LogP contribution in [-0.4, -0.2) is 58.1 Å². The summed E-state index contributed by atoms with van der Waals surface area (Å²) in [5, 5.41) is 20.4. The lowest BCUT2D eigenvalue weighted by Gasteiger charge is -2.45. The highest BCUT2D eigenvalue weighted by Crippen LogP contribution is 2.48. The average molecular weight is 562 g/mol. The van der Waals surface area contributed by atoms with Gasteiger partial charge in [-0.25, -0.2) is 4.79 Å². The molecule has 4 N–H and O–H groups in total. The van der Waals surface area contributed by atoms with Crippen molar-refractivity contribution in [3.05, 3.63) is 65.9 Å². The minimum Gasteiger partial charge on any atom is -0.438 e. The van der Waals surface area contributed by atoms with Gasteiger partial charge in [-0.3, -0.25) is 14.5 Å². The minimum absolute atomic E-state index is 0.0283. The Labute approximate surface area is 236 Å². The first-order valence-electron chi connectivity index (χ1n) is 13.6. The molecule has 0 spiro atoms. The molecule has 1 saturated carbocycles. The van der Waals surface area contributed by atoms with Gasteiger partial charge in [-0.15, -0.1) is 5.10 Å². The summed E-state index contributed by atoms with van der Waals surface area (Å²) in [7, 11) is 0. The lowest BCUT2D eigenvalue weighted by atomic mass is 9.86. The number of piperidine rings is 1. The molecular weight excluding hydrogens is 530 g/mol. The van der Waals surface area contributed by atoms with Crippen molar-refractivity contribution in [3.8, 4) is 11.6 Å². The van der Waals surface area contributed by atoms with Crippen LogP contribution in [0.4, 0.5) is 10.5 Å². The number of benzene rings is 1. The van der Waals surface area contributed by atoms with E-state index in [2.05, 4.69) is 38.0 Å². The van der Waals surface area contributed by atoms with Gasteiger partial charge in [0, 0.05) is 41.6 Å². The van der Waals surface area contributed by atoms with Crippen LogP contribution in [0.5, 0.6) is 11.6 Å². The number of aromatic nitrogens is 2. The Bertz CT molecular complexity index is 1340. The summed E-state index contributed by atoms with van der Waals surface area (Å²) in [4.78, 5) is 41.3.